The van der Waals surface area contributed by atoms with Crippen molar-refractivity contribution < 1.29 is 4.74 Å². The number of rotatable bonds is 5. The van der Waals surface area contributed by atoms with Gasteiger partial charge in [-0.15, -0.1) is 0 Å². The SMILES string of the molecule is CCCOc1cc2ccc(-c3cccc(C)c3)cc2cc1C1=NCCN1. The monoisotopic (exact) mass is 344 g/mol. The standard InChI is InChI=1S/C23H24N2O/c1-3-11-26-22-15-19-8-7-18(17-6-4-5-16(2)12-17)13-20(19)14-21(22)23-24-9-10-25-23/h4-8,12-15H,3,9-11H2,1-2H3,(H,24,25). The van der Waals surface area contributed by atoms with Crippen molar-refractivity contribution in [1.82, 2.24) is 5.32 Å². The zero-order chi connectivity index (χ0) is 17.9. The van der Waals surface area contributed by atoms with Crippen molar-refractivity contribution in [2.75, 3.05) is 19.7 Å². The predicted molar refractivity (Wildman–Crippen MR) is 109 cm³/mol. The molecule has 3 nitrogen and oxygen atoms in total. The second-order valence-corrected chi connectivity index (χ2v) is 6.79. The molecule has 1 heterocycles. The van der Waals surface area contributed by atoms with Crippen molar-refractivity contribution in [3.05, 3.63) is 65.7 Å². The van der Waals surface area contributed by atoms with Gasteiger partial charge in [-0.2, -0.15) is 0 Å². The summed E-state index contributed by atoms with van der Waals surface area (Å²) < 4.78 is 6.02. The summed E-state index contributed by atoms with van der Waals surface area (Å²) in [6.07, 6.45) is 0.990. The lowest BCUT2D eigenvalue weighted by atomic mass is 9.98. The van der Waals surface area contributed by atoms with Crippen molar-refractivity contribution in [2.45, 2.75) is 20.3 Å². The molecule has 3 heteroatoms. The average Bonchev–Trinajstić information content (AvgIpc) is 3.19. The van der Waals surface area contributed by atoms with E-state index in [0.29, 0.717) is 6.61 Å². The Hall–Kier alpha value is -2.81. The first-order valence-corrected chi connectivity index (χ1v) is 9.31. The van der Waals surface area contributed by atoms with Crippen LogP contribution in [0.1, 0.15) is 24.5 Å². The van der Waals surface area contributed by atoms with E-state index in [4.69, 9.17) is 4.74 Å². The molecular weight excluding hydrogens is 320 g/mol. The van der Waals surface area contributed by atoms with Crippen LogP contribution in [-0.2, 0) is 0 Å². The topological polar surface area (TPSA) is 33.6 Å². The smallest absolute Gasteiger partial charge is 0.132 e. The van der Waals surface area contributed by atoms with Crippen molar-refractivity contribution in [2.24, 2.45) is 4.99 Å². The van der Waals surface area contributed by atoms with E-state index >= 15 is 0 Å². The molecule has 3 aromatic carbocycles. The summed E-state index contributed by atoms with van der Waals surface area (Å²) in [5.41, 5.74) is 4.81. The molecule has 1 aliphatic rings. The van der Waals surface area contributed by atoms with Crippen molar-refractivity contribution >= 4 is 16.6 Å². The molecule has 26 heavy (non-hydrogen) atoms. The van der Waals surface area contributed by atoms with Gasteiger partial charge in [0.2, 0.25) is 0 Å². The van der Waals surface area contributed by atoms with Gasteiger partial charge in [0.05, 0.1) is 18.7 Å². The van der Waals surface area contributed by atoms with Crippen LogP contribution in [0.4, 0.5) is 0 Å². The molecule has 1 N–H and O–H groups in total. The molecule has 0 amide bonds. The van der Waals surface area contributed by atoms with Crippen molar-refractivity contribution in [3.63, 3.8) is 0 Å². The van der Waals surface area contributed by atoms with Crippen LogP contribution in [0.3, 0.4) is 0 Å². The summed E-state index contributed by atoms with van der Waals surface area (Å²) in [7, 11) is 0. The zero-order valence-corrected chi connectivity index (χ0v) is 15.4. The second-order valence-electron chi connectivity index (χ2n) is 6.79. The lowest BCUT2D eigenvalue weighted by Crippen LogP contribution is -2.20. The molecule has 0 unspecified atom stereocenters. The van der Waals surface area contributed by atoms with Gasteiger partial charge in [0, 0.05) is 6.54 Å². The maximum atomic E-state index is 6.02. The minimum atomic E-state index is 0.715. The number of aliphatic imine (C=N–C) groups is 1. The molecule has 0 saturated heterocycles. The highest BCUT2D eigenvalue weighted by Crippen LogP contribution is 2.31. The predicted octanol–water partition coefficient (Wildman–Crippen LogP) is 4.95. The Morgan fingerprint density at radius 3 is 2.65 bits per heavy atom. The highest BCUT2D eigenvalue weighted by atomic mass is 16.5. The van der Waals surface area contributed by atoms with Crippen molar-refractivity contribution in [3.8, 4) is 16.9 Å². The number of aryl methyl sites for hydroxylation is 1. The summed E-state index contributed by atoms with van der Waals surface area (Å²) in [6.45, 7) is 6.69. The van der Waals surface area contributed by atoms with E-state index in [1.165, 1.54) is 27.5 Å². The number of ether oxygens (including phenoxy) is 1. The van der Waals surface area contributed by atoms with Gasteiger partial charge in [-0.25, -0.2) is 0 Å². The second kappa shape index (κ2) is 7.20. The first kappa shape index (κ1) is 16.6. The Bertz CT molecular complexity index is 975. The minimum absolute atomic E-state index is 0.715. The summed E-state index contributed by atoms with van der Waals surface area (Å²) in [4.78, 5) is 4.60. The Morgan fingerprint density at radius 1 is 1.00 bits per heavy atom. The number of nitrogens with zero attached hydrogens (tertiary/aromatic N) is 1. The van der Waals surface area contributed by atoms with E-state index in [2.05, 4.69) is 78.8 Å². The maximum Gasteiger partial charge on any atom is 0.132 e. The number of nitrogens with one attached hydrogen (secondary N) is 1. The molecule has 1 aliphatic heterocycles. The van der Waals surface area contributed by atoms with E-state index < -0.39 is 0 Å². The molecule has 0 spiro atoms. The first-order valence-electron chi connectivity index (χ1n) is 9.31. The molecule has 3 aromatic rings. The molecule has 132 valence electrons. The molecule has 0 aromatic heterocycles. The van der Waals surface area contributed by atoms with Crippen LogP contribution in [0.2, 0.25) is 0 Å². The lowest BCUT2D eigenvalue weighted by Gasteiger charge is -2.14. The fourth-order valence-corrected chi connectivity index (χ4v) is 3.38. The van der Waals surface area contributed by atoms with Gasteiger partial charge < -0.3 is 10.1 Å². The third-order valence-electron chi connectivity index (χ3n) is 4.68. The van der Waals surface area contributed by atoms with E-state index in [-0.39, 0.29) is 0 Å². The number of fused-ring (bicyclic) bond motifs is 1. The Balaban J connectivity index is 1.82. The minimum Gasteiger partial charge on any atom is -0.493 e. The largest absolute Gasteiger partial charge is 0.493 e. The average molecular weight is 344 g/mol. The summed E-state index contributed by atoms with van der Waals surface area (Å²) >= 11 is 0. The van der Waals surface area contributed by atoms with Crippen LogP contribution >= 0.6 is 0 Å². The van der Waals surface area contributed by atoms with Crippen LogP contribution in [-0.4, -0.2) is 25.5 Å². The van der Waals surface area contributed by atoms with Crippen LogP contribution in [0, 0.1) is 6.92 Å². The molecule has 0 radical (unpaired) electrons. The quantitative estimate of drug-likeness (QED) is 0.710. The molecule has 4 rings (SSSR count). The van der Waals surface area contributed by atoms with Crippen molar-refractivity contribution in [1.29, 1.82) is 0 Å². The van der Waals surface area contributed by atoms with E-state index in [0.717, 1.165) is 36.7 Å². The molecule has 0 fully saturated rings. The van der Waals surface area contributed by atoms with Crippen LogP contribution in [0.25, 0.3) is 21.9 Å². The van der Waals surface area contributed by atoms with E-state index in [9.17, 15) is 0 Å². The highest BCUT2D eigenvalue weighted by molar-refractivity contribution is 6.06. The van der Waals surface area contributed by atoms with Crippen LogP contribution in [0.5, 0.6) is 5.75 Å². The zero-order valence-electron chi connectivity index (χ0n) is 15.4. The molecule has 0 aliphatic carbocycles. The van der Waals surface area contributed by atoms with Gasteiger partial charge in [0.25, 0.3) is 0 Å². The maximum absolute atomic E-state index is 6.02. The molecule has 0 saturated carbocycles. The van der Waals surface area contributed by atoms with Gasteiger partial charge in [-0.3, -0.25) is 4.99 Å². The number of hydrogen-bond acceptors (Lipinski definition) is 3. The lowest BCUT2D eigenvalue weighted by molar-refractivity contribution is 0.317. The third kappa shape index (κ3) is 3.30. The van der Waals surface area contributed by atoms with Gasteiger partial charge in [-0.1, -0.05) is 48.9 Å². The van der Waals surface area contributed by atoms with Gasteiger partial charge in [0.1, 0.15) is 11.6 Å². The first-order chi connectivity index (χ1) is 12.7. The summed E-state index contributed by atoms with van der Waals surface area (Å²) in [6, 6.07) is 19.6. The third-order valence-corrected chi connectivity index (χ3v) is 4.68. The fourth-order valence-electron chi connectivity index (χ4n) is 3.38. The number of hydrogen-bond donors (Lipinski definition) is 1. The van der Waals surface area contributed by atoms with E-state index in [1.807, 2.05) is 0 Å². The van der Waals surface area contributed by atoms with Gasteiger partial charge >= 0.3 is 0 Å². The number of benzene rings is 3. The summed E-state index contributed by atoms with van der Waals surface area (Å²) in [5, 5.41) is 5.78. The van der Waals surface area contributed by atoms with Crippen LogP contribution in [0.15, 0.2) is 59.6 Å². The molecule has 0 atom stereocenters. The molecular formula is C23H24N2O. The normalized spacial score (nSPS) is 13.5. The molecule has 0 bridgehead atoms. The highest BCUT2D eigenvalue weighted by Gasteiger charge is 2.15. The Morgan fingerprint density at radius 2 is 1.88 bits per heavy atom. The van der Waals surface area contributed by atoms with Crippen LogP contribution < -0.4 is 10.1 Å². The Labute approximate surface area is 154 Å². The van der Waals surface area contributed by atoms with Gasteiger partial charge in [-0.05, 0) is 53.4 Å². The van der Waals surface area contributed by atoms with E-state index in [1.54, 1.807) is 0 Å². The fraction of sp³-hybridized carbons (Fsp3) is 0.261. The van der Waals surface area contributed by atoms with Gasteiger partial charge in [0.15, 0.2) is 0 Å². The number of amidine groups is 1. The Kier molecular flexibility index (Phi) is 4.61. The summed E-state index contributed by atoms with van der Waals surface area (Å²) in [5.74, 6) is 1.86.